The van der Waals surface area contributed by atoms with E-state index in [-0.39, 0.29) is 6.10 Å². The first kappa shape index (κ1) is 15.5. The Kier molecular flexibility index (Phi) is 5.19. The van der Waals surface area contributed by atoms with E-state index in [2.05, 4.69) is 49.8 Å². The molecule has 0 bridgehead atoms. The Morgan fingerprint density at radius 1 is 1.05 bits per heavy atom. The quantitative estimate of drug-likeness (QED) is 0.914. The molecule has 1 heterocycles. The third-order valence-corrected chi connectivity index (χ3v) is 4.39. The highest BCUT2D eigenvalue weighted by Gasteiger charge is 2.18. The number of aliphatic hydroxyl groups is 1. The first-order valence-corrected chi connectivity index (χ1v) is 7.64. The molecule has 1 atom stereocenters. The van der Waals surface area contributed by atoms with Crippen molar-refractivity contribution < 1.29 is 5.11 Å². The molecule has 1 saturated heterocycles. The summed E-state index contributed by atoms with van der Waals surface area (Å²) >= 11 is 0. The Labute approximate surface area is 123 Å². The lowest BCUT2D eigenvalue weighted by Crippen LogP contribution is -2.44. The van der Waals surface area contributed by atoms with Gasteiger partial charge >= 0.3 is 0 Å². The fourth-order valence-electron chi connectivity index (χ4n) is 3.24. The van der Waals surface area contributed by atoms with Gasteiger partial charge in [0, 0.05) is 32.7 Å². The minimum absolute atomic E-state index is 0.338. The second kappa shape index (κ2) is 6.70. The zero-order valence-corrected chi connectivity index (χ0v) is 13.3. The second-order valence-corrected chi connectivity index (χ2v) is 6.26. The molecule has 3 heteroatoms. The van der Waals surface area contributed by atoms with Crippen LogP contribution in [0.15, 0.2) is 12.1 Å². The van der Waals surface area contributed by atoms with Crippen LogP contribution in [0.4, 0.5) is 0 Å². The van der Waals surface area contributed by atoms with Crippen molar-refractivity contribution in [2.24, 2.45) is 0 Å². The van der Waals surface area contributed by atoms with E-state index >= 15 is 0 Å². The van der Waals surface area contributed by atoms with Crippen LogP contribution >= 0.6 is 0 Å². The van der Waals surface area contributed by atoms with Gasteiger partial charge in [-0.05, 0) is 50.9 Å². The summed E-state index contributed by atoms with van der Waals surface area (Å²) in [5.41, 5.74) is 4.83. The van der Waals surface area contributed by atoms with Crippen molar-refractivity contribution in [3.8, 4) is 0 Å². The number of nitrogens with zero attached hydrogens (tertiary/aromatic N) is 2. The van der Waals surface area contributed by atoms with Gasteiger partial charge in [-0.3, -0.25) is 0 Å². The predicted molar refractivity (Wildman–Crippen MR) is 84.2 cm³/mol. The van der Waals surface area contributed by atoms with Gasteiger partial charge < -0.3 is 14.9 Å². The monoisotopic (exact) mass is 276 g/mol. The van der Waals surface area contributed by atoms with E-state index in [0.29, 0.717) is 0 Å². The minimum Gasteiger partial charge on any atom is -0.388 e. The maximum atomic E-state index is 10.5. The molecule has 0 saturated carbocycles. The number of rotatable bonds is 4. The molecule has 3 nitrogen and oxygen atoms in total. The summed E-state index contributed by atoms with van der Waals surface area (Å²) in [4.78, 5) is 4.82. The average Bonchev–Trinajstić information content (AvgIpc) is 2.37. The number of benzene rings is 1. The molecule has 1 aromatic rings. The van der Waals surface area contributed by atoms with E-state index in [9.17, 15) is 5.11 Å². The van der Waals surface area contributed by atoms with Gasteiger partial charge in [0.05, 0.1) is 6.10 Å². The molecule has 0 aromatic heterocycles. The van der Waals surface area contributed by atoms with Crippen molar-refractivity contribution >= 4 is 0 Å². The number of aliphatic hydroxyl groups excluding tert-OH is 1. The highest BCUT2D eigenvalue weighted by molar-refractivity contribution is 5.38. The molecular formula is C17H28N2O. The number of aryl methyl sites for hydroxylation is 3. The van der Waals surface area contributed by atoms with Crippen LogP contribution in [0.5, 0.6) is 0 Å². The van der Waals surface area contributed by atoms with E-state index in [1.807, 2.05) is 0 Å². The Hall–Kier alpha value is -0.900. The summed E-state index contributed by atoms with van der Waals surface area (Å²) in [5.74, 6) is 0. The summed E-state index contributed by atoms with van der Waals surface area (Å²) in [6.45, 7) is 11.8. The smallest absolute Gasteiger partial charge is 0.0807 e. The predicted octanol–water partition coefficient (Wildman–Crippen LogP) is 2.28. The standard InChI is InChI=1S/C17H28N2O/c1-13-11-14(2)17(15(3)12-13)16(20)5-6-19-9-7-18(4)8-10-19/h11-12,16,20H,5-10H2,1-4H3. The molecule has 0 amide bonds. The van der Waals surface area contributed by atoms with Crippen LogP contribution in [-0.4, -0.2) is 54.7 Å². The van der Waals surface area contributed by atoms with Crippen molar-refractivity contribution in [1.29, 1.82) is 0 Å². The Balaban J connectivity index is 1.93. The van der Waals surface area contributed by atoms with Crippen molar-refractivity contribution in [3.63, 3.8) is 0 Å². The molecule has 1 aliphatic heterocycles. The fraction of sp³-hybridized carbons (Fsp3) is 0.647. The Morgan fingerprint density at radius 2 is 1.60 bits per heavy atom. The molecule has 1 N–H and O–H groups in total. The van der Waals surface area contributed by atoms with E-state index in [0.717, 1.165) is 44.7 Å². The molecule has 112 valence electrons. The van der Waals surface area contributed by atoms with Crippen molar-refractivity contribution in [1.82, 2.24) is 9.80 Å². The van der Waals surface area contributed by atoms with Gasteiger partial charge in [-0.1, -0.05) is 17.7 Å². The maximum absolute atomic E-state index is 10.5. The molecule has 1 aromatic carbocycles. The van der Waals surface area contributed by atoms with Gasteiger partial charge in [-0.15, -0.1) is 0 Å². The second-order valence-electron chi connectivity index (χ2n) is 6.26. The van der Waals surface area contributed by atoms with Gasteiger partial charge in [-0.25, -0.2) is 0 Å². The molecule has 0 aliphatic carbocycles. The van der Waals surface area contributed by atoms with Crippen LogP contribution in [0.25, 0.3) is 0 Å². The van der Waals surface area contributed by atoms with Gasteiger partial charge in [0.2, 0.25) is 0 Å². The lowest BCUT2D eigenvalue weighted by Gasteiger charge is -2.33. The SMILES string of the molecule is Cc1cc(C)c(C(O)CCN2CCN(C)CC2)c(C)c1. The molecular weight excluding hydrogens is 248 g/mol. The molecule has 20 heavy (non-hydrogen) atoms. The average molecular weight is 276 g/mol. The molecule has 0 spiro atoms. The third-order valence-electron chi connectivity index (χ3n) is 4.39. The zero-order valence-electron chi connectivity index (χ0n) is 13.3. The molecule has 1 aliphatic rings. The van der Waals surface area contributed by atoms with E-state index in [4.69, 9.17) is 0 Å². The molecule has 1 unspecified atom stereocenters. The zero-order chi connectivity index (χ0) is 14.7. The first-order chi connectivity index (χ1) is 9.47. The van der Waals surface area contributed by atoms with Gasteiger partial charge in [0.25, 0.3) is 0 Å². The summed E-state index contributed by atoms with van der Waals surface area (Å²) in [6.07, 6.45) is 0.490. The highest BCUT2D eigenvalue weighted by Crippen LogP contribution is 2.26. The van der Waals surface area contributed by atoms with Crippen LogP contribution in [0.3, 0.4) is 0 Å². The van der Waals surface area contributed by atoms with Crippen LogP contribution in [-0.2, 0) is 0 Å². The first-order valence-electron chi connectivity index (χ1n) is 7.64. The van der Waals surface area contributed by atoms with E-state index in [1.165, 1.54) is 16.7 Å². The third kappa shape index (κ3) is 3.81. The summed E-state index contributed by atoms with van der Waals surface area (Å²) in [5, 5.41) is 10.5. The van der Waals surface area contributed by atoms with Gasteiger partial charge in [0.15, 0.2) is 0 Å². The van der Waals surface area contributed by atoms with Crippen LogP contribution < -0.4 is 0 Å². The van der Waals surface area contributed by atoms with Crippen LogP contribution in [0, 0.1) is 20.8 Å². The Morgan fingerprint density at radius 3 is 2.15 bits per heavy atom. The normalized spacial score (nSPS) is 19.2. The lowest BCUT2D eigenvalue weighted by atomic mass is 9.94. The number of likely N-dealkylation sites (N-methyl/N-ethyl adjacent to an activating group) is 1. The topological polar surface area (TPSA) is 26.7 Å². The number of hydrogen-bond acceptors (Lipinski definition) is 3. The minimum atomic E-state index is -0.338. The van der Waals surface area contributed by atoms with Gasteiger partial charge in [0.1, 0.15) is 0 Å². The summed E-state index contributed by atoms with van der Waals surface area (Å²) < 4.78 is 0. The largest absolute Gasteiger partial charge is 0.388 e. The fourth-order valence-corrected chi connectivity index (χ4v) is 3.24. The highest BCUT2D eigenvalue weighted by atomic mass is 16.3. The molecule has 0 radical (unpaired) electrons. The Bertz CT molecular complexity index is 427. The van der Waals surface area contributed by atoms with E-state index < -0.39 is 0 Å². The van der Waals surface area contributed by atoms with Crippen LogP contribution in [0.2, 0.25) is 0 Å². The van der Waals surface area contributed by atoms with Gasteiger partial charge in [-0.2, -0.15) is 0 Å². The maximum Gasteiger partial charge on any atom is 0.0807 e. The van der Waals surface area contributed by atoms with Crippen molar-refractivity contribution in [3.05, 3.63) is 34.4 Å². The summed E-state index contributed by atoms with van der Waals surface area (Å²) in [6, 6.07) is 4.34. The molecule has 2 rings (SSSR count). The summed E-state index contributed by atoms with van der Waals surface area (Å²) in [7, 11) is 2.17. The molecule has 1 fully saturated rings. The van der Waals surface area contributed by atoms with Crippen LogP contribution in [0.1, 0.15) is 34.8 Å². The van der Waals surface area contributed by atoms with Crippen molar-refractivity contribution in [2.45, 2.75) is 33.3 Å². The van der Waals surface area contributed by atoms with E-state index in [1.54, 1.807) is 0 Å². The number of piperazine rings is 1. The van der Waals surface area contributed by atoms with Crippen molar-refractivity contribution in [2.75, 3.05) is 39.8 Å². The lowest BCUT2D eigenvalue weighted by molar-refractivity contribution is 0.112. The number of hydrogen-bond donors (Lipinski definition) is 1.